The minimum atomic E-state index is -3.65. The monoisotopic (exact) mass is 369 g/mol. The maximum Gasteiger partial charge on any atom is 0.268 e. The van der Waals surface area contributed by atoms with Crippen LogP contribution in [0.3, 0.4) is 0 Å². The molecule has 0 radical (unpaired) electrons. The van der Waals surface area contributed by atoms with Crippen LogP contribution in [0.4, 0.5) is 5.69 Å². The van der Waals surface area contributed by atoms with Gasteiger partial charge >= 0.3 is 0 Å². The van der Waals surface area contributed by atoms with Gasteiger partial charge in [-0.3, -0.25) is 0 Å². The first kappa shape index (κ1) is 17.1. The van der Waals surface area contributed by atoms with Gasteiger partial charge in [0.05, 0.1) is 10.4 Å². The molecule has 3 aromatic rings. The van der Waals surface area contributed by atoms with Crippen molar-refractivity contribution in [2.75, 3.05) is 18.8 Å². The molecule has 3 N–H and O–H groups in total. The van der Waals surface area contributed by atoms with E-state index in [9.17, 15) is 8.42 Å². The highest BCUT2D eigenvalue weighted by Crippen LogP contribution is 2.29. The summed E-state index contributed by atoms with van der Waals surface area (Å²) in [6, 6.07) is 14.1. The number of rotatable bonds is 4. The Hall–Kier alpha value is -2.31. The van der Waals surface area contributed by atoms with Gasteiger partial charge in [-0.05, 0) is 74.2 Å². The van der Waals surface area contributed by atoms with Crippen molar-refractivity contribution < 1.29 is 8.42 Å². The summed E-state index contributed by atoms with van der Waals surface area (Å²) in [4.78, 5) is 0.251. The highest BCUT2D eigenvalue weighted by molar-refractivity contribution is 7.90. The van der Waals surface area contributed by atoms with Gasteiger partial charge in [0.15, 0.2) is 0 Å². The number of nitrogens with two attached hydrogens (primary N) is 1. The molecule has 5 nitrogen and oxygen atoms in total. The van der Waals surface area contributed by atoms with Crippen LogP contribution in [0.5, 0.6) is 0 Å². The Morgan fingerprint density at radius 3 is 2.46 bits per heavy atom. The number of fused-ring (bicyclic) bond motifs is 1. The SMILES string of the molecule is Nc1ccc(S(=O)(=O)n2cc(CC3CCNCC3)c3ccccc32)cc1. The fraction of sp³-hybridized carbons (Fsp3) is 0.300. The molecule has 2 aromatic carbocycles. The number of nitrogens with one attached hydrogen (secondary N) is 1. The summed E-state index contributed by atoms with van der Waals surface area (Å²) in [6.45, 7) is 2.07. The van der Waals surface area contributed by atoms with E-state index < -0.39 is 10.0 Å². The molecule has 0 unspecified atom stereocenters. The van der Waals surface area contributed by atoms with Crippen LogP contribution in [0.25, 0.3) is 10.9 Å². The number of benzene rings is 2. The standard InChI is InChI=1S/C20H23N3O2S/c21-17-5-7-18(8-6-17)26(24,25)23-14-16(13-15-9-11-22-12-10-15)19-3-1-2-4-20(19)23/h1-8,14-15,22H,9-13,21H2. The Bertz CT molecular complexity index is 1020. The van der Waals surface area contributed by atoms with Gasteiger partial charge in [-0.2, -0.15) is 0 Å². The molecule has 0 spiro atoms. The molecule has 0 bridgehead atoms. The van der Waals surface area contributed by atoms with Gasteiger partial charge in [0.1, 0.15) is 0 Å². The van der Waals surface area contributed by atoms with Gasteiger partial charge in [0, 0.05) is 17.3 Å². The largest absolute Gasteiger partial charge is 0.399 e. The van der Waals surface area contributed by atoms with Crippen LogP contribution in [-0.2, 0) is 16.4 Å². The lowest BCUT2D eigenvalue weighted by atomic mass is 9.91. The zero-order valence-corrected chi connectivity index (χ0v) is 15.4. The summed E-state index contributed by atoms with van der Waals surface area (Å²) < 4.78 is 27.8. The predicted octanol–water partition coefficient (Wildman–Crippen LogP) is 3.00. The zero-order valence-electron chi connectivity index (χ0n) is 14.6. The number of aromatic nitrogens is 1. The summed E-state index contributed by atoms with van der Waals surface area (Å²) >= 11 is 0. The normalized spacial score (nSPS) is 16.2. The van der Waals surface area contributed by atoms with E-state index in [0.29, 0.717) is 11.6 Å². The van der Waals surface area contributed by atoms with Crippen molar-refractivity contribution in [1.82, 2.24) is 9.29 Å². The van der Waals surface area contributed by atoms with Crippen LogP contribution in [-0.4, -0.2) is 25.5 Å². The number of anilines is 1. The quantitative estimate of drug-likeness (QED) is 0.693. The molecule has 0 saturated carbocycles. The molecule has 1 aliphatic rings. The van der Waals surface area contributed by atoms with Crippen molar-refractivity contribution in [3.8, 4) is 0 Å². The smallest absolute Gasteiger partial charge is 0.268 e. The number of nitrogen functional groups attached to an aromatic ring is 1. The molecule has 1 fully saturated rings. The number of piperidine rings is 1. The molecule has 4 rings (SSSR count). The van der Waals surface area contributed by atoms with Gasteiger partial charge < -0.3 is 11.1 Å². The molecular weight excluding hydrogens is 346 g/mol. The summed E-state index contributed by atoms with van der Waals surface area (Å²) in [5, 5.41) is 4.40. The van der Waals surface area contributed by atoms with E-state index in [4.69, 9.17) is 5.73 Å². The Kier molecular flexibility index (Phi) is 4.46. The lowest BCUT2D eigenvalue weighted by molar-refractivity contribution is 0.373. The van der Waals surface area contributed by atoms with Crippen LogP contribution in [0.1, 0.15) is 18.4 Å². The second kappa shape index (κ2) is 6.78. The first-order chi connectivity index (χ1) is 12.6. The summed E-state index contributed by atoms with van der Waals surface area (Å²) in [5.41, 5.74) is 8.08. The maximum atomic E-state index is 13.2. The van der Waals surface area contributed by atoms with E-state index in [1.54, 1.807) is 30.5 Å². The van der Waals surface area contributed by atoms with Gasteiger partial charge in [-0.25, -0.2) is 12.4 Å². The van der Waals surface area contributed by atoms with E-state index in [1.807, 2.05) is 24.3 Å². The fourth-order valence-electron chi connectivity index (χ4n) is 3.73. The Morgan fingerprint density at radius 2 is 1.73 bits per heavy atom. The van der Waals surface area contributed by atoms with Crippen molar-refractivity contribution in [2.45, 2.75) is 24.2 Å². The molecule has 1 saturated heterocycles. The predicted molar refractivity (Wildman–Crippen MR) is 105 cm³/mol. The van der Waals surface area contributed by atoms with E-state index in [-0.39, 0.29) is 4.90 Å². The topological polar surface area (TPSA) is 77.1 Å². The van der Waals surface area contributed by atoms with Crippen LogP contribution in [0.2, 0.25) is 0 Å². The highest BCUT2D eigenvalue weighted by Gasteiger charge is 2.23. The fourth-order valence-corrected chi connectivity index (χ4v) is 5.12. The number of hydrogen-bond donors (Lipinski definition) is 2. The van der Waals surface area contributed by atoms with E-state index in [0.717, 1.165) is 48.8 Å². The van der Waals surface area contributed by atoms with Crippen LogP contribution in [0, 0.1) is 5.92 Å². The van der Waals surface area contributed by atoms with Crippen LogP contribution >= 0.6 is 0 Å². The zero-order chi connectivity index (χ0) is 18.1. The number of nitrogens with zero attached hydrogens (tertiary/aromatic N) is 1. The third kappa shape index (κ3) is 3.10. The molecular formula is C20H23N3O2S. The van der Waals surface area contributed by atoms with E-state index in [2.05, 4.69) is 5.32 Å². The van der Waals surface area contributed by atoms with Gasteiger partial charge in [-0.1, -0.05) is 18.2 Å². The second-order valence-electron chi connectivity index (χ2n) is 6.94. The molecule has 136 valence electrons. The summed E-state index contributed by atoms with van der Waals surface area (Å²) in [6.07, 6.45) is 4.97. The third-order valence-electron chi connectivity index (χ3n) is 5.16. The van der Waals surface area contributed by atoms with Crippen LogP contribution < -0.4 is 11.1 Å². The van der Waals surface area contributed by atoms with E-state index >= 15 is 0 Å². The molecule has 1 aromatic heterocycles. The third-order valence-corrected chi connectivity index (χ3v) is 6.85. The number of para-hydroxylation sites is 1. The van der Waals surface area contributed by atoms with E-state index in [1.165, 1.54) is 3.97 Å². The average molecular weight is 369 g/mol. The second-order valence-corrected chi connectivity index (χ2v) is 8.75. The molecule has 0 atom stereocenters. The molecule has 2 heterocycles. The maximum absolute atomic E-state index is 13.2. The molecule has 0 amide bonds. The van der Waals surface area contributed by atoms with Crippen molar-refractivity contribution in [3.05, 3.63) is 60.3 Å². The Labute approximate surface area is 153 Å². The lowest BCUT2D eigenvalue weighted by Gasteiger charge is -2.22. The minimum absolute atomic E-state index is 0.251. The van der Waals surface area contributed by atoms with Gasteiger partial charge in [-0.15, -0.1) is 0 Å². The minimum Gasteiger partial charge on any atom is -0.399 e. The number of hydrogen-bond acceptors (Lipinski definition) is 4. The average Bonchev–Trinajstić information content (AvgIpc) is 3.02. The lowest BCUT2D eigenvalue weighted by Crippen LogP contribution is -2.28. The first-order valence-corrected chi connectivity index (χ1v) is 10.4. The van der Waals surface area contributed by atoms with Crippen molar-refractivity contribution in [3.63, 3.8) is 0 Å². The molecule has 6 heteroatoms. The van der Waals surface area contributed by atoms with Crippen molar-refractivity contribution >= 4 is 26.6 Å². The van der Waals surface area contributed by atoms with Gasteiger partial charge in [0.2, 0.25) is 0 Å². The summed E-state index contributed by atoms with van der Waals surface area (Å²) in [7, 11) is -3.65. The van der Waals surface area contributed by atoms with Gasteiger partial charge in [0.25, 0.3) is 10.0 Å². The highest BCUT2D eigenvalue weighted by atomic mass is 32.2. The Morgan fingerprint density at radius 1 is 1.04 bits per heavy atom. The molecule has 1 aliphatic heterocycles. The Balaban J connectivity index is 1.79. The van der Waals surface area contributed by atoms with Crippen molar-refractivity contribution in [2.24, 2.45) is 5.92 Å². The summed E-state index contributed by atoms with van der Waals surface area (Å²) in [5.74, 6) is 0.592. The molecule has 0 aliphatic carbocycles. The first-order valence-electron chi connectivity index (χ1n) is 8.96. The van der Waals surface area contributed by atoms with Crippen LogP contribution in [0.15, 0.2) is 59.6 Å². The molecule has 26 heavy (non-hydrogen) atoms. The van der Waals surface area contributed by atoms with Crippen molar-refractivity contribution in [1.29, 1.82) is 0 Å².